The van der Waals surface area contributed by atoms with Crippen molar-refractivity contribution in [1.29, 1.82) is 0 Å². The lowest BCUT2D eigenvalue weighted by atomic mass is 9.58. The highest BCUT2D eigenvalue weighted by Gasteiger charge is 2.59. The molecule has 3 unspecified atom stereocenters. The molecule has 606 valence electrons. The van der Waals surface area contributed by atoms with Crippen LogP contribution in [0.1, 0.15) is 183 Å². The van der Waals surface area contributed by atoms with Gasteiger partial charge in [0.1, 0.15) is 53.9 Å². The SMILES string of the molecule is C#CC[C@H]1C(=O)N[C@@H]([C@@H](C)CC)C(=O)N(C)CC(=O)N(C)[C@H]2C/C=C\CCN(C2=O)[C@@H](CC2CCC(C(F)(F)F)CC2)C(=O)N(C)CC(=O)N[C@@H](CCC2CCC(C(F)(F)F)C(OC)C2)C(=O)N2C[C@@H](C)C[C@H]2C(=O)NC2(CC(C)(C)C2)C(=O)N(C)[C@@H](C2CCCC2)C(=O)N(C)[C@H](C(=O)N(C)CC)CC(=O)N1C. The minimum Gasteiger partial charge on any atom is -0.381 e. The molecule has 3 heterocycles. The van der Waals surface area contributed by atoms with E-state index in [4.69, 9.17) is 11.2 Å². The van der Waals surface area contributed by atoms with Crippen LogP contribution in [0.4, 0.5) is 26.3 Å². The van der Waals surface area contributed by atoms with Crippen molar-refractivity contribution in [3.63, 3.8) is 0 Å². The number of hydrogen-bond donors (Lipinski definition) is 3. The van der Waals surface area contributed by atoms with Crippen molar-refractivity contribution in [2.75, 3.05) is 89.2 Å². The number of nitrogens with one attached hydrogen (secondary N) is 3. The maximum absolute atomic E-state index is 15.8. The van der Waals surface area contributed by atoms with E-state index in [1.807, 2.05) is 20.8 Å². The molecule has 3 aliphatic heterocycles. The Hall–Kier alpha value is -7.52. The second-order valence-electron chi connectivity index (χ2n) is 32.9. The summed E-state index contributed by atoms with van der Waals surface area (Å²) in [7, 11) is 10.8. The fourth-order valence-corrected chi connectivity index (χ4v) is 17.8. The van der Waals surface area contributed by atoms with Gasteiger partial charge in [-0.3, -0.25) is 57.5 Å². The molecule has 7 rings (SSSR count). The smallest absolute Gasteiger partial charge is 0.381 e. The fraction of sp³-hybridized carbons (Fsp3) is 0.792. The zero-order chi connectivity index (χ0) is 80.4. The number of amides is 12. The number of methoxy groups -OCH3 is 1. The van der Waals surface area contributed by atoms with E-state index in [1.165, 1.54) is 76.0 Å². The first-order valence-electron chi connectivity index (χ1n) is 38.6. The number of ether oxygens (including phenoxy) is 1. The topological polar surface area (TPSA) is 279 Å². The molecule has 0 aromatic carbocycles. The molecule has 31 heteroatoms. The third-order valence-electron chi connectivity index (χ3n) is 24.5. The summed E-state index contributed by atoms with van der Waals surface area (Å²) in [4.78, 5) is 192. The van der Waals surface area contributed by atoms with Gasteiger partial charge in [0.25, 0.3) is 0 Å². The number of alkyl halides is 6. The zero-order valence-electron chi connectivity index (χ0n) is 65.7. The molecule has 4 aliphatic carbocycles. The summed E-state index contributed by atoms with van der Waals surface area (Å²) in [5.41, 5.74) is -2.22. The number of carbonyl (C=O) groups excluding carboxylic acids is 12. The van der Waals surface area contributed by atoms with E-state index in [1.54, 1.807) is 32.9 Å². The summed E-state index contributed by atoms with van der Waals surface area (Å²) in [5.74, 6) is -12.3. The number of halogens is 6. The van der Waals surface area contributed by atoms with Gasteiger partial charge in [0.2, 0.25) is 70.9 Å². The summed E-state index contributed by atoms with van der Waals surface area (Å²) in [6.45, 7) is 9.35. The number of fused-ring (bicyclic) bond motifs is 3. The van der Waals surface area contributed by atoms with Crippen LogP contribution in [0.25, 0.3) is 0 Å². The van der Waals surface area contributed by atoms with Crippen LogP contribution in [-0.2, 0) is 62.3 Å². The van der Waals surface area contributed by atoms with Crippen molar-refractivity contribution in [1.82, 2.24) is 60.0 Å². The van der Waals surface area contributed by atoms with Crippen molar-refractivity contribution in [3.8, 4) is 12.3 Å². The molecule has 108 heavy (non-hydrogen) atoms. The monoisotopic (exact) mass is 1530 g/mol. The summed E-state index contributed by atoms with van der Waals surface area (Å²) < 4.78 is 90.7. The average Bonchev–Trinajstić information content (AvgIpc) is 0.925. The standard InChI is InChI=1S/C77H118F6N12O13/c1-16-24-54-65(99)85-63(47(5)17-2)71(105)89(10)43-62(98)91(12)55-27-20-19-23-36-94(70(55)104)58(38-48-28-32-51(33-29-48)76(78,79)80)69(103)88(9)42-60(96)84-53(35-31-49-30-34-52(77(81,82)83)59(39-49)108-15)67(101)95-41-46(4)37-56(95)66(100)86-75(44-74(6,7)45-75)73(107)93(14)64(50-25-21-22-26-50)72(106)92(13)57(40-61(97)90(54)11)68(102)87(8)18-3/h1,19-20,46-59,63-64H,17-18,21-45H2,2-15H3,(H,84,96)(H,85,99)(H,86,100)/b20-19-/t46-,47-,48?,49?,51?,52?,53-,54-,55-,56-,57-,58-,59?,63-,64-/m0/s1. The Labute approximate surface area is 632 Å². The largest absolute Gasteiger partial charge is 0.394 e. The van der Waals surface area contributed by atoms with Gasteiger partial charge in [0.15, 0.2) is 0 Å². The van der Waals surface area contributed by atoms with Crippen LogP contribution in [-0.4, -0.2) is 276 Å². The third kappa shape index (κ3) is 20.9. The van der Waals surface area contributed by atoms with E-state index in [0.29, 0.717) is 32.1 Å². The number of carbonyl (C=O) groups is 12. The van der Waals surface area contributed by atoms with E-state index in [-0.39, 0.29) is 128 Å². The molecule has 12 amide bonds. The second kappa shape index (κ2) is 37.0. The zero-order valence-corrected chi connectivity index (χ0v) is 65.7. The molecule has 0 aromatic heterocycles. The van der Waals surface area contributed by atoms with Crippen LogP contribution in [0.5, 0.6) is 0 Å². The van der Waals surface area contributed by atoms with Crippen LogP contribution in [0.2, 0.25) is 0 Å². The molecule has 1 spiro atoms. The molecule has 6 fully saturated rings. The lowest BCUT2D eigenvalue weighted by Crippen LogP contribution is -2.71. The Kier molecular flexibility index (Phi) is 30.0. The molecule has 2 saturated heterocycles. The van der Waals surface area contributed by atoms with Crippen molar-refractivity contribution < 1.29 is 88.6 Å². The Morgan fingerprint density at radius 3 is 1.91 bits per heavy atom. The van der Waals surface area contributed by atoms with Crippen LogP contribution >= 0.6 is 0 Å². The molecule has 2 bridgehead atoms. The number of likely N-dealkylation sites (N-methyl/N-ethyl adjacent to an activating group) is 7. The molecule has 4 saturated carbocycles. The predicted octanol–water partition coefficient (Wildman–Crippen LogP) is 6.31. The molecule has 0 radical (unpaired) electrons. The average molecular weight is 1530 g/mol. The summed E-state index contributed by atoms with van der Waals surface area (Å²) in [6.07, 6.45) is 0.178. The highest BCUT2D eigenvalue weighted by atomic mass is 19.4. The maximum atomic E-state index is 15.8. The molecule has 25 nitrogen and oxygen atoms in total. The normalized spacial score (nSPS) is 31.6. The Morgan fingerprint density at radius 2 is 1.32 bits per heavy atom. The van der Waals surface area contributed by atoms with Gasteiger partial charge in [-0.2, -0.15) is 26.3 Å². The molecule has 0 aromatic rings. The quantitative estimate of drug-likeness (QED) is 0.110. The van der Waals surface area contributed by atoms with Gasteiger partial charge in [-0.15, -0.1) is 12.3 Å². The van der Waals surface area contributed by atoms with Crippen LogP contribution < -0.4 is 16.0 Å². The molecular weight excluding hydrogens is 1410 g/mol. The van der Waals surface area contributed by atoms with E-state index in [0.717, 1.165) is 24.5 Å². The minimum absolute atomic E-state index is 0.0227. The van der Waals surface area contributed by atoms with E-state index < -0.39 is 204 Å². The highest BCUT2D eigenvalue weighted by molar-refractivity contribution is 6.01. The Bertz CT molecular complexity index is 3330. The molecule has 13 atom stereocenters. The van der Waals surface area contributed by atoms with Gasteiger partial charge < -0.3 is 64.8 Å². The number of terminal acetylenes is 1. The molecule has 7 aliphatic rings. The Morgan fingerprint density at radius 1 is 0.694 bits per heavy atom. The first kappa shape index (κ1) is 87.7. The first-order valence-corrected chi connectivity index (χ1v) is 38.6. The first-order chi connectivity index (χ1) is 50.5. The van der Waals surface area contributed by atoms with Crippen LogP contribution in [0, 0.1) is 59.2 Å². The third-order valence-corrected chi connectivity index (χ3v) is 24.5. The van der Waals surface area contributed by atoms with Crippen molar-refractivity contribution >= 4 is 70.9 Å². The summed E-state index contributed by atoms with van der Waals surface area (Å²) in [6, 6.07) is -11.1. The summed E-state index contributed by atoms with van der Waals surface area (Å²) >= 11 is 0. The molecule has 3 N–H and O–H groups in total. The van der Waals surface area contributed by atoms with Crippen LogP contribution in [0.15, 0.2) is 12.2 Å². The van der Waals surface area contributed by atoms with E-state index in [9.17, 15) is 55.1 Å². The number of rotatable bonds is 12. The van der Waals surface area contributed by atoms with E-state index >= 15 is 28.8 Å². The fourth-order valence-electron chi connectivity index (χ4n) is 17.8. The second-order valence-corrected chi connectivity index (χ2v) is 32.9. The lowest BCUT2D eigenvalue weighted by Gasteiger charge is -2.54. The van der Waals surface area contributed by atoms with Crippen molar-refractivity contribution in [3.05, 3.63) is 12.2 Å². The number of hydrogen-bond acceptors (Lipinski definition) is 13. The van der Waals surface area contributed by atoms with Gasteiger partial charge >= 0.3 is 12.4 Å². The van der Waals surface area contributed by atoms with Gasteiger partial charge in [-0.05, 0) is 151 Å². The van der Waals surface area contributed by atoms with Gasteiger partial charge in [-0.1, -0.05) is 66.0 Å². The molecular formula is C77H118F6N12O13. The van der Waals surface area contributed by atoms with Crippen LogP contribution in [0.3, 0.4) is 0 Å². The van der Waals surface area contributed by atoms with Gasteiger partial charge in [-0.25, -0.2) is 0 Å². The highest BCUT2D eigenvalue weighted by Crippen LogP contribution is 2.50. The van der Waals surface area contributed by atoms with E-state index in [2.05, 4.69) is 21.9 Å². The van der Waals surface area contributed by atoms with Gasteiger partial charge in [0, 0.05) is 82.5 Å². The maximum Gasteiger partial charge on any atom is 0.394 e. The van der Waals surface area contributed by atoms with Crippen molar-refractivity contribution in [2.24, 2.45) is 46.8 Å². The van der Waals surface area contributed by atoms with Gasteiger partial charge in [0.05, 0.1) is 37.5 Å². The van der Waals surface area contributed by atoms with Crippen molar-refractivity contribution in [2.45, 2.75) is 255 Å². The Balaban J connectivity index is 1.33. The summed E-state index contributed by atoms with van der Waals surface area (Å²) in [5, 5.41) is 8.63. The predicted molar refractivity (Wildman–Crippen MR) is 388 cm³/mol. The number of nitrogens with zero attached hydrogens (tertiary/aromatic N) is 9. The lowest BCUT2D eigenvalue weighted by molar-refractivity contribution is -0.215. The minimum atomic E-state index is -4.56.